The van der Waals surface area contributed by atoms with Crippen LogP contribution >= 0.6 is 11.3 Å². The summed E-state index contributed by atoms with van der Waals surface area (Å²) in [5.41, 5.74) is 3.41. The van der Waals surface area contributed by atoms with E-state index in [0.717, 1.165) is 5.69 Å². The summed E-state index contributed by atoms with van der Waals surface area (Å²) in [7, 11) is -0.876. The first-order chi connectivity index (χ1) is 10.2. The standard InChI is InChI=1S/C17H21NOS2/c1-13-6-2-3-9-15(13)11-21(19)12-16-10-20-17(18-16)14-7-4-5-8-14/h2-3,6,9-10,14H,4-5,7-8,11-12H2,1H3/t21-/m1/s1. The summed E-state index contributed by atoms with van der Waals surface area (Å²) in [6, 6.07) is 8.18. The third-order valence-electron chi connectivity index (χ3n) is 4.16. The van der Waals surface area contributed by atoms with Crippen LogP contribution in [0.15, 0.2) is 29.6 Å². The topological polar surface area (TPSA) is 30.0 Å². The lowest BCUT2D eigenvalue weighted by Gasteiger charge is -2.05. The molecule has 1 heterocycles. The Labute approximate surface area is 133 Å². The molecular weight excluding hydrogens is 298 g/mol. The lowest BCUT2D eigenvalue weighted by molar-refractivity contribution is 0.680. The number of hydrogen-bond donors (Lipinski definition) is 0. The fourth-order valence-electron chi connectivity index (χ4n) is 2.91. The molecular formula is C17H21NOS2. The molecule has 2 aromatic rings. The van der Waals surface area contributed by atoms with Crippen LogP contribution in [0.3, 0.4) is 0 Å². The zero-order valence-electron chi connectivity index (χ0n) is 12.4. The highest BCUT2D eigenvalue weighted by molar-refractivity contribution is 7.83. The molecule has 0 aliphatic heterocycles. The van der Waals surface area contributed by atoms with E-state index in [-0.39, 0.29) is 0 Å². The van der Waals surface area contributed by atoms with Gasteiger partial charge in [0.2, 0.25) is 0 Å². The van der Waals surface area contributed by atoms with Crippen LogP contribution in [0.4, 0.5) is 0 Å². The molecule has 1 fully saturated rings. The molecule has 112 valence electrons. The predicted octanol–water partition coefficient (Wildman–Crippen LogP) is 4.56. The molecule has 1 aromatic heterocycles. The molecule has 0 amide bonds. The van der Waals surface area contributed by atoms with Gasteiger partial charge >= 0.3 is 0 Å². The Hall–Kier alpha value is -1.00. The number of rotatable bonds is 5. The number of hydrogen-bond acceptors (Lipinski definition) is 3. The number of aromatic nitrogens is 1. The van der Waals surface area contributed by atoms with Gasteiger partial charge in [-0.2, -0.15) is 0 Å². The molecule has 1 saturated carbocycles. The maximum atomic E-state index is 12.3. The molecule has 0 saturated heterocycles. The first-order valence-electron chi connectivity index (χ1n) is 7.56. The second-order valence-electron chi connectivity index (χ2n) is 5.81. The summed E-state index contributed by atoms with van der Waals surface area (Å²) in [5, 5.41) is 3.36. The van der Waals surface area contributed by atoms with E-state index in [1.165, 1.54) is 41.8 Å². The van der Waals surface area contributed by atoms with E-state index in [1.807, 2.05) is 12.1 Å². The van der Waals surface area contributed by atoms with Gasteiger partial charge in [-0.1, -0.05) is 37.1 Å². The summed E-state index contributed by atoms with van der Waals surface area (Å²) in [4.78, 5) is 4.72. The van der Waals surface area contributed by atoms with Crippen molar-refractivity contribution in [2.75, 3.05) is 0 Å². The molecule has 1 atom stereocenters. The lowest BCUT2D eigenvalue weighted by Crippen LogP contribution is -2.02. The van der Waals surface area contributed by atoms with Gasteiger partial charge in [0, 0.05) is 27.9 Å². The van der Waals surface area contributed by atoms with E-state index in [4.69, 9.17) is 4.98 Å². The predicted molar refractivity (Wildman–Crippen MR) is 90.1 cm³/mol. The van der Waals surface area contributed by atoms with Crippen LogP contribution in [0.25, 0.3) is 0 Å². The zero-order valence-corrected chi connectivity index (χ0v) is 14.0. The molecule has 1 aliphatic carbocycles. The Morgan fingerprint density at radius 2 is 2.00 bits per heavy atom. The normalized spacial score (nSPS) is 17.2. The minimum absolute atomic E-state index is 0.581. The Kier molecular flexibility index (Phi) is 4.86. The molecule has 0 radical (unpaired) electrons. The SMILES string of the molecule is Cc1ccccc1C[S@@](=O)Cc1csc(C2CCCC2)n1. The summed E-state index contributed by atoms with van der Waals surface area (Å²) in [6.45, 7) is 2.08. The highest BCUT2D eigenvalue weighted by Gasteiger charge is 2.20. The van der Waals surface area contributed by atoms with Crippen molar-refractivity contribution in [1.29, 1.82) is 0 Å². The molecule has 1 aromatic carbocycles. The van der Waals surface area contributed by atoms with Crippen molar-refractivity contribution in [2.24, 2.45) is 0 Å². The van der Waals surface area contributed by atoms with Crippen molar-refractivity contribution in [1.82, 2.24) is 4.98 Å². The van der Waals surface area contributed by atoms with Crippen LogP contribution in [-0.2, 0) is 22.3 Å². The van der Waals surface area contributed by atoms with Crippen LogP contribution in [0, 0.1) is 6.92 Å². The third-order valence-corrected chi connectivity index (χ3v) is 6.47. The Morgan fingerprint density at radius 1 is 1.24 bits per heavy atom. The van der Waals surface area contributed by atoms with Crippen LogP contribution < -0.4 is 0 Å². The minimum atomic E-state index is -0.876. The van der Waals surface area contributed by atoms with Crippen LogP contribution in [0.5, 0.6) is 0 Å². The van der Waals surface area contributed by atoms with Gasteiger partial charge in [0.05, 0.1) is 16.5 Å². The van der Waals surface area contributed by atoms with Gasteiger partial charge < -0.3 is 0 Å². The van der Waals surface area contributed by atoms with Gasteiger partial charge in [-0.15, -0.1) is 11.3 Å². The summed E-state index contributed by atoms with van der Waals surface area (Å²) >= 11 is 1.75. The van der Waals surface area contributed by atoms with Crippen molar-refractivity contribution in [3.63, 3.8) is 0 Å². The van der Waals surface area contributed by atoms with Gasteiger partial charge in [0.25, 0.3) is 0 Å². The van der Waals surface area contributed by atoms with Crippen LogP contribution in [-0.4, -0.2) is 9.19 Å². The maximum absolute atomic E-state index is 12.3. The fourth-order valence-corrected chi connectivity index (χ4v) is 5.26. The zero-order chi connectivity index (χ0) is 14.7. The average molecular weight is 319 g/mol. The second-order valence-corrected chi connectivity index (χ2v) is 8.16. The highest BCUT2D eigenvalue weighted by atomic mass is 32.2. The van der Waals surface area contributed by atoms with Gasteiger partial charge in [-0.05, 0) is 30.9 Å². The summed E-state index contributed by atoms with van der Waals surface area (Å²) in [6.07, 6.45) is 5.22. The maximum Gasteiger partial charge on any atom is 0.0959 e. The van der Waals surface area contributed by atoms with Crippen molar-refractivity contribution >= 4 is 22.1 Å². The number of thiazole rings is 1. The van der Waals surface area contributed by atoms with E-state index in [1.54, 1.807) is 11.3 Å². The first-order valence-corrected chi connectivity index (χ1v) is 9.93. The fraction of sp³-hybridized carbons (Fsp3) is 0.471. The van der Waals surface area contributed by atoms with Crippen molar-refractivity contribution in [2.45, 2.75) is 50.0 Å². The average Bonchev–Trinajstić information content (AvgIpc) is 3.12. The van der Waals surface area contributed by atoms with E-state index < -0.39 is 10.8 Å². The van der Waals surface area contributed by atoms with Gasteiger partial charge in [0.15, 0.2) is 0 Å². The lowest BCUT2D eigenvalue weighted by atomic mass is 10.1. The van der Waals surface area contributed by atoms with Crippen LogP contribution in [0.1, 0.15) is 53.4 Å². The van der Waals surface area contributed by atoms with E-state index >= 15 is 0 Å². The monoisotopic (exact) mass is 319 g/mol. The number of aryl methyl sites for hydroxylation is 1. The Morgan fingerprint density at radius 3 is 2.76 bits per heavy atom. The molecule has 1 aliphatic rings. The molecule has 21 heavy (non-hydrogen) atoms. The Bertz CT molecular complexity index is 629. The third kappa shape index (κ3) is 3.80. The Balaban J connectivity index is 1.61. The quantitative estimate of drug-likeness (QED) is 0.809. The van der Waals surface area contributed by atoms with E-state index in [0.29, 0.717) is 17.4 Å². The molecule has 0 N–H and O–H groups in total. The summed E-state index contributed by atoms with van der Waals surface area (Å²) < 4.78 is 12.3. The van der Waals surface area contributed by atoms with Crippen molar-refractivity contribution in [3.05, 3.63) is 51.5 Å². The van der Waals surface area contributed by atoms with Gasteiger partial charge in [0.1, 0.15) is 0 Å². The van der Waals surface area contributed by atoms with E-state index in [2.05, 4.69) is 24.4 Å². The molecule has 0 spiro atoms. The van der Waals surface area contributed by atoms with E-state index in [9.17, 15) is 4.21 Å². The van der Waals surface area contributed by atoms with Crippen LogP contribution in [0.2, 0.25) is 0 Å². The smallest absolute Gasteiger partial charge is 0.0959 e. The summed E-state index contributed by atoms with van der Waals surface area (Å²) in [5.74, 6) is 1.87. The molecule has 2 nitrogen and oxygen atoms in total. The highest BCUT2D eigenvalue weighted by Crippen LogP contribution is 2.35. The van der Waals surface area contributed by atoms with Gasteiger partial charge in [-0.25, -0.2) is 4.98 Å². The molecule has 0 bridgehead atoms. The second kappa shape index (κ2) is 6.84. The minimum Gasteiger partial charge on any atom is -0.259 e. The van der Waals surface area contributed by atoms with Crippen molar-refractivity contribution in [3.8, 4) is 0 Å². The number of nitrogens with zero attached hydrogens (tertiary/aromatic N) is 1. The molecule has 3 rings (SSSR count). The molecule has 0 unspecified atom stereocenters. The van der Waals surface area contributed by atoms with Crippen molar-refractivity contribution < 1.29 is 4.21 Å². The molecule has 4 heteroatoms. The first kappa shape index (κ1) is 14.9. The van der Waals surface area contributed by atoms with Gasteiger partial charge in [-0.3, -0.25) is 4.21 Å². The largest absolute Gasteiger partial charge is 0.259 e. The number of benzene rings is 1.